The first-order valence-electron chi connectivity index (χ1n) is 8.13. The van der Waals surface area contributed by atoms with Crippen molar-refractivity contribution in [3.05, 3.63) is 52.4 Å². The number of aromatic nitrogens is 5. The second kappa shape index (κ2) is 8.39. The Morgan fingerprint density at radius 1 is 1.34 bits per heavy atom. The van der Waals surface area contributed by atoms with Crippen LogP contribution >= 0.6 is 9.24 Å². The van der Waals surface area contributed by atoms with Gasteiger partial charge in [-0.15, -0.1) is 0 Å². The number of halogens is 2. The van der Waals surface area contributed by atoms with Crippen molar-refractivity contribution in [2.24, 2.45) is 0 Å². The molecule has 0 aliphatic heterocycles. The smallest absolute Gasteiger partial charge is 0.316 e. The van der Waals surface area contributed by atoms with Crippen LogP contribution < -0.4 is 15.6 Å². The van der Waals surface area contributed by atoms with Crippen LogP contribution in [0.25, 0.3) is 11.3 Å². The fraction of sp³-hybridized carbons (Fsp3) is 0.250. The van der Waals surface area contributed by atoms with Crippen LogP contribution in [-0.2, 0) is 6.54 Å². The molecule has 29 heavy (non-hydrogen) atoms. The number of nitrogens with zero attached hydrogens (tertiary/aromatic N) is 5. The van der Waals surface area contributed by atoms with E-state index in [1.54, 1.807) is 0 Å². The Bertz CT molecular complexity index is 1060. The third-order valence-corrected chi connectivity index (χ3v) is 3.68. The lowest BCUT2D eigenvalue weighted by Gasteiger charge is -2.10. The average Bonchev–Trinajstić information content (AvgIpc) is 3.16. The van der Waals surface area contributed by atoms with Gasteiger partial charge < -0.3 is 14.6 Å². The Morgan fingerprint density at radius 2 is 2.07 bits per heavy atom. The third kappa shape index (κ3) is 5.38. The van der Waals surface area contributed by atoms with Gasteiger partial charge >= 0.3 is 6.01 Å². The van der Waals surface area contributed by atoms with E-state index < -0.39 is 23.7 Å². The first kappa shape index (κ1) is 20.5. The minimum Gasteiger partial charge on any atom is -0.457 e. The summed E-state index contributed by atoms with van der Waals surface area (Å²) < 4.78 is 36.5. The number of carbonyl (C=O) groups is 1. The molecule has 10 nitrogen and oxygen atoms in total. The summed E-state index contributed by atoms with van der Waals surface area (Å²) in [6.45, 7) is -0.933. The summed E-state index contributed by atoms with van der Waals surface area (Å²) >= 11 is 0. The van der Waals surface area contributed by atoms with Crippen LogP contribution in [0.5, 0.6) is 6.01 Å². The molecule has 0 saturated carbocycles. The summed E-state index contributed by atoms with van der Waals surface area (Å²) in [5, 5.41) is 10.2. The molecule has 0 radical (unpaired) electrons. The van der Waals surface area contributed by atoms with Crippen LogP contribution in [0.15, 0.2) is 39.9 Å². The van der Waals surface area contributed by atoms with E-state index in [2.05, 4.69) is 25.5 Å². The predicted molar refractivity (Wildman–Crippen MR) is 98.7 cm³/mol. The highest BCUT2D eigenvalue weighted by atomic mass is 31.0. The standard InChI is InChI=1S/C16H15F2N6O4P/c1-19-14(26)12-4-10(28-23-12)7-24-13(25)3-2-11(22-24)9-5-20-15(21-6-9)27-8-16(17,18)29/h2-6H,7-8,29H2,1H3,(H,19,26). The Hall–Kier alpha value is -3.27. The number of hydrogen-bond acceptors (Lipinski definition) is 8. The normalized spacial score (nSPS) is 11.3. The molecule has 0 aliphatic rings. The van der Waals surface area contributed by atoms with Crippen molar-refractivity contribution in [1.82, 2.24) is 30.2 Å². The topological polar surface area (TPSA) is 125 Å². The van der Waals surface area contributed by atoms with Crippen molar-refractivity contribution >= 4 is 15.1 Å². The van der Waals surface area contributed by atoms with E-state index in [1.807, 2.05) is 0 Å². The largest absolute Gasteiger partial charge is 0.457 e. The molecule has 0 saturated heterocycles. The molecule has 1 unspecified atom stereocenters. The van der Waals surface area contributed by atoms with Gasteiger partial charge in [0.2, 0.25) is 0 Å². The van der Waals surface area contributed by atoms with Crippen molar-refractivity contribution in [3.8, 4) is 17.3 Å². The number of alkyl halides is 2. The molecule has 0 fully saturated rings. The van der Waals surface area contributed by atoms with Crippen LogP contribution in [-0.4, -0.2) is 50.1 Å². The molecule has 1 amide bonds. The summed E-state index contributed by atoms with van der Waals surface area (Å²) in [4.78, 5) is 31.3. The minimum absolute atomic E-state index is 0.0536. The lowest BCUT2D eigenvalue weighted by atomic mass is 10.2. The van der Waals surface area contributed by atoms with E-state index in [0.717, 1.165) is 4.68 Å². The molecule has 1 N–H and O–H groups in total. The van der Waals surface area contributed by atoms with E-state index in [0.29, 0.717) is 11.3 Å². The number of rotatable bonds is 7. The molecule has 3 aromatic heterocycles. The number of amides is 1. The number of nitrogens with one attached hydrogen (secondary N) is 1. The molecule has 13 heteroatoms. The van der Waals surface area contributed by atoms with Gasteiger partial charge in [0.05, 0.1) is 5.69 Å². The van der Waals surface area contributed by atoms with Gasteiger partial charge in [-0.05, 0) is 6.07 Å². The van der Waals surface area contributed by atoms with Gasteiger partial charge in [-0.25, -0.2) is 14.6 Å². The molecule has 3 heterocycles. The Balaban J connectivity index is 1.77. The van der Waals surface area contributed by atoms with E-state index in [-0.39, 0.29) is 24.0 Å². The molecular formula is C16H15F2N6O4P. The zero-order chi connectivity index (χ0) is 21.0. The van der Waals surface area contributed by atoms with Gasteiger partial charge in [0.15, 0.2) is 18.1 Å². The quantitative estimate of drug-likeness (QED) is 0.556. The molecular weight excluding hydrogens is 409 g/mol. The zero-order valence-electron chi connectivity index (χ0n) is 15.0. The zero-order valence-corrected chi connectivity index (χ0v) is 16.2. The Labute approximate surface area is 164 Å². The highest BCUT2D eigenvalue weighted by Gasteiger charge is 2.23. The fourth-order valence-corrected chi connectivity index (χ4v) is 2.25. The van der Waals surface area contributed by atoms with E-state index in [9.17, 15) is 18.4 Å². The first-order valence-corrected chi connectivity index (χ1v) is 8.70. The molecule has 3 aromatic rings. The highest BCUT2D eigenvalue weighted by Crippen LogP contribution is 2.22. The van der Waals surface area contributed by atoms with Gasteiger partial charge in [-0.3, -0.25) is 9.59 Å². The molecule has 152 valence electrons. The van der Waals surface area contributed by atoms with Crippen LogP contribution in [0.4, 0.5) is 8.78 Å². The van der Waals surface area contributed by atoms with Gasteiger partial charge in [0, 0.05) is 37.1 Å². The number of hydrogen-bond donors (Lipinski definition) is 1. The van der Waals surface area contributed by atoms with Gasteiger partial charge in [0.25, 0.3) is 17.1 Å². The van der Waals surface area contributed by atoms with Crippen LogP contribution in [0.1, 0.15) is 16.2 Å². The lowest BCUT2D eigenvalue weighted by molar-refractivity contribution is 0.0422. The number of ether oxygens (including phenoxy) is 1. The summed E-state index contributed by atoms with van der Waals surface area (Å²) in [5.41, 5.74) is -2.62. The summed E-state index contributed by atoms with van der Waals surface area (Å²) in [5.74, 6) is -0.165. The van der Waals surface area contributed by atoms with Crippen molar-refractivity contribution in [3.63, 3.8) is 0 Å². The third-order valence-electron chi connectivity index (χ3n) is 3.51. The maximum absolute atomic E-state index is 12.8. The van der Waals surface area contributed by atoms with Gasteiger partial charge in [-0.1, -0.05) is 14.4 Å². The van der Waals surface area contributed by atoms with Crippen molar-refractivity contribution < 1.29 is 22.8 Å². The minimum atomic E-state index is -3.09. The lowest BCUT2D eigenvalue weighted by Crippen LogP contribution is -2.22. The predicted octanol–water partition coefficient (Wildman–Crippen LogP) is 0.943. The van der Waals surface area contributed by atoms with E-state index >= 15 is 0 Å². The summed E-state index contributed by atoms with van der Waals surface area (Å²) in [6.07, 6.45) is 2.66. The second-order valence-corrected chi connectivity index (χ2v) is 6.62. The average molecular weight is 424 g/mol. The second-order valence-electron chi connectivity index (χ2n) is 5.78. The molecule has 0 aliphatic carbocycles. The Kier molecular flexibility index (Phi) is 5.92. The summed E-state index contributed by atoms with van der Waals surface area (Å²) in [6, 6.07) is 3.94. The van der Waals surface area contributed by atoms with Crippen LogP contribution in [0.2, 0.25) is 0 Å². The SMILES string of the molecule is CNC(=O)c1cc(Cn2nc(-c3cnc(OCC(F)(F)P)nc3)ccc2=O)on1. The molecule has 3 rings (SSSR count). The highest BCUT2D eigenvalue weighted by molar-refractivity contribution is 7.18. The molecule has 0 spiro atoms. The maximum Gasteiger partial charge on any atom is 0.316 e. The van der Waals surface area contributed by atoms with E-state index in [1.165, 1.54) is 46.9 Å². The van der Waals surface area contributed by atoms with Gasteiger partial charge in [-0.2, -0.15) is 13.9 Å². The fourth-order valence-electron chi connectivity index (χ4n) is 2.17. The van der Waals surface area contributed by atoms with Crippen LogP contribution in [0.3, 0.4) is 0 Å². The van der Waals surface area contributed by atoms with Crippen molar-refractivity contribution in [1.29, 1.82) is 0 Å². The maximum atomic E-state index is 12.8. The Morgan fingerprint density at radius 3 is 2.72 bits per heavy atom. The number of carbonyl (C=O) groups excluding carboxylic acids is 1. The van der Waals surface area contributed by atoms with Crippen molar-refractivity contribution in [2.75, 3.05) is 13.7 Å². The molecule has 0 bridgehead atoms. The molecule has 0 aromatic carbocycles. The molecule has 1 atom stereocenters. The van der Waals surface area contributed by atoms with Gasteiger partial charge in [0.1, 0.15) is 6.54 Å². The van der Waals surface area contributed by atoms with Crippen LogP contribution in [0, 0.1) is 0 Å². The van der Waals surface area contributed by atoms with Crippen molar-refractivity contribution in [2.45, 2.75) is 12.2 Å². The monoisotopic (exact) mass is 424 g/mol. The first-order chi connectivity index (χ1) is 13.7. The summed E-state index contributed by atoms with van der Waals surface area (Å²) in [7, 11) is 2.81. The van der Waals surface area contributed by atoms with E-state index in [4.69, 9.17) is 9.26 Å².